The lowest BCUT2D eigenvalue weighted by atomic mass is 10.2. The molecule has 132 valence electrons. The van der Waals surface area contributed by atoms with E-state index < -0.39 is 0 Å². The predicted molar refractivity (Wildman–Crippen MR) is 93.5 cm³/mol. The topological polar surface area (TPSA) is 100 Å². The highest BCUT2D eigenvalue weighted by Crippen LogP contribution is 2.28. The highest BCUT2D eigenvalue weighted by molar-refractivity contribution is 7.15. The lowest BCUT2D eigenvalue weighted by Crippen LogP contribution is -2.39. The zero-order valence-electron chi connectivity index (χ0n) is 13.9. The molecular formula is C16H19N5O3S. The lowest BCUT2D eigenvalue weighted by molar-refractivity contribution is -0.122. The van der Waals surface area contributed by atoms with Gasteiger partial charge in [0, 0.05) is 37.0 Å². The minimum Gasteiger partial charge on any atom is -0.361 e. The summed E-state index contributed by atoms with van der Waals surface area (Å²) in [6.45, 7) is 7.52. The molecule has 0 fully saturated rings. The Labute approximate surface area is 148 Å². The van der Waals surface area contributed by atoms with E-state index in [2.05, 4.69) is 32.3 Å². The molecule has 2 aromatic rings. The molecule has 0 aliphatic carbocycles. The molecule has 0 saturated carbocycles. The molecule has 0 radical (unpaired) electrons. The zero-order chi connectivity index (χ0) is 17.8. The van der Waals surface area contributed by atoms with E-state index in [0.717, 1.165) is 23.5 Å². The van der Waals surface area contributed by atoms with Crippen molar-refractivity contribution < 1.29 is 14.1 Å². The molecule has 1 aliphatic heterocycles. The summed E-state index contributed by atoms with van der Waals surface area (Å²) in [5.74, 6) is 0.209. The SMILES string of the molecule is C=CCNC(=O)CN1CCc2nc(NC(=O)c3cc(C)on3)sc2C1. The van der Waals surface area contributed by atoms with Crippen LogP contribution in [0.15, 0.2) is 23.2 Å². The molecule has 0 atom stereocenters. The first-order valence-electron chi connectivity index (χ1n) is 7.88. The van der Waals surface area contributed by atoms with Crippen molar-refractivity contribution in [1.82, 2.24) is 20.4 Å². The molecule has 9 heteroatoms. The van der Waals surface area contributed by atoms with Gasteiger partial charge in [-0.15, -0.1) is 17.9 Å². The van der Waals surface area contributed by atoms with E-state index in [9.17, 15) is 9.59 Å². The maximum absolute atomic E-state index is 12.1. The van der Waals surface area contributed by atoms with Gasteiger partial charge in [0.2, 0.25) is 5.91 Å². The molecule has 0 saturated heterocycles. The van der Waals surface area contributed by atoms with Crippen LogP contribution in [-0.2, 0) is 17.8 Å². The number of hydrogen-bond acceptors (Lipinski definition) is 7. The predicted octanol–water partition coefficient (Wildman–Crippen LogP) is 1.35. The van der Waals surface area contributed by atoms with Gasteiger partial charge in [0.15, 0.2) is 10.8 Å². The second-order valence-electron chi connectivity index (χ2n) is 5.72. The van der Waals surface area contributed by atoms with E-state index in [4.69, 9.17) is 4.52 Å². The van der Waals surface area contributed by atoms with E-state index in [1.807, 2.05) is 0 Å². The quantitative estimate of drug-likeness (QED) is 0.754. The van der Waals surface area contributed by atoms with Gasteiger partial charge >= 0.3 is 0 Å². The molecule has 25 heavy (non-hydrogen) atoms. The van der Waals surface area contributed by atoms with Crippen LogP contribution in [-0.4, -0.2) is 46.5 Å². The van der Waals surface area contributed by atoms with Gasteiger partial charge in [-0.05, 0) is 6.92 Å². The number of aromatic nitrogens is 2. The van der Waals surface area contributed by atoms with Crippen LogP contribution in [0.2, 0.25) is 0 Å². The van der Waals surface area contributed by atoms with E-state index >= 15 is 0 Å². The fourth-order valence-corrected chi connectivity index (χ4v) is 3.56. The number of nitrogens with zero attached hydrogens (tertiary/aromatic N) is 3. The highest BCUT2D eigenvalue weighted by Gasteiger charge is 2.23. The second-order valence-corrected chi connectivity index (χ2v) is 6.80. The Kier molecular flexibility index (Phi) is 5.25. The van der Waals surface area contributed by atoms with Gasteiger partial charge < -0.3 is 9.84 Å². The van der Waals surface area contributed by atoms with Crippen molar-refractivity contribution in [2.24, 2.45) is 0 Å². The summed E-state index contributed by atoms with van der Waals surface area (Å²) in [5.41, 5.74) is 1.20. The van der Waals surface area contributed by atoms with E-state index in [1.54, 1.807) is 19.1 Å². The third kappa shape index (κ3) is 4.31. The Morgan fingerprint density at radius 2 is 2.36 bits per heavy atom. The van der Waals surface area contributed by atoms with Crippen LogP contribution < -0.4 is 10.6 Å². The summed E-state index contributed by atoms with van der Waals surface area (Å²) >= 11 is 1.42. The van der Waals surface area contributed by atoms with E-state index in [0.29, 0.717) is 30.5 Å². The molecule has 0 unspecified atom stereocenters. The van der Waals surface area contributed by atoms with Crippen LogP contribution >= 0.6 is 11.3 Å². The third-order valence-electron chi connectivity index (χ3n) is 3.70. The van der Waals surface area contributed by atoms with Crippen molar-refractivity contribution in [2.75, 3.05) is 25.0 Å². The number of aryl methyl sites for hydroxylation is 1. The summed E-state index contributed by atoms with van der Waals surface area (Å²) in [4.78, 5) is 31.5. The van der Waals surface area contributed by atoms with Gasteiger partial charge in [-0.1, -0.05) is 11.2 Å². The van der Waals surface area contributed by atoms with Gasteiger partial charge in [0.25, 0.3) is 5.91 Å². The van der Waals surface area contributed by atoms with E-state index in [-0.39, 0.29) is 17.5 Å². The summed E-state index contributed by atoms with van der Waals surface area (Å²) in [6.07, 6.45) is 2.40. The molecular weight excluding hydrogens is 342 g/mol. The fourth-order valence-electron chi connectivity index (χ4n) is 2.52. The lowest BCUT2D eigenvalue weighted by Gasteiger charge is -2.24. The Morgan fingerprint density at radius 3 is 3.08 bits per heavy atom. The number of amides is 2. The Balaban J connectivity index is 1.60. The molecule has 2 aromatic heterocycles. The van der Waals surface area contributed by atoms with Crippen molar-refractivity contribution >= 4 is 28.3 Å². The molecule has 0 spiro atoms. The van der Waals surface area contributed by atoms with Crippen molar-refractivity contribution in [3.05, 3.63) is 40.7 Å². The average Bonchev–Trinajstić information content (AvgIpc) is 3.18. The monoisotopic (exact) mass is 361 g/mol. The second kappa shape index (κ2) is 7.58. The van der Waals surface area contributed by atoms with Crippen LogP contribution in [0.4, 0.5) is 5.13 Å². The Hall–Kier alpha value is -2.52. The minimum atomic E-state index is -0.344. The summed E-state index contributed by atoms with van der Waals surface area (Å²) in [5, 5.41) is 9.75. The number of anilines is 1. The fraction of sp³-hybridized carbons (Fsp3) is 0.375. The number of hydrogen-bond donors (Lipinski definition) is 2. The van der Waals surface area contributed by atoms with E-state index in [1.165, 1.54) is 11.3 Å². The molecule has 2 amide bonds. The van der Waals surface area contributed by atoms with Gasteiger partial charge in [-0.25, -0.2) is 4.98 Å². The molecule has 2 N–H and O–H groups in total. The van der Waals surface area contributed by atoms with Crippen LogP contribution in [0.5, 0.6) is 0 Å². The first-order chi connectivity index (χ1) is 12.0. The normalized spacial score (nSPS) is 14.0. The number of rotatable bonds is 6. The third-order valence-corrected chi connectivity index (χ3v) is 4.70. The molecule has 0 bridgehead atoms. The molecule has 3 heterocycles. The van der Waals surface area contributed by atoms with Crippen LogP contribution in [0.1, 0.15) is 26.8 Å². The van der Waals surface area contributed by atoms with Crippen LogP contribution in [0.3, 0.4) is 0 Å². The van der Waals surface area contributed by atoms with Gasteiger partial charge in [-0.2, -0.15) is 0 Å². The maximum Gasteiger partial charge on any atom is 0.279 e. The Bertz CT molecular complexity index is 798. The number of thiazole rings is 1. The van der Waals surface area contributed by atoms with Gasteiger partial charge in [0.05, 0.1) is 12.2 Å². The number of carbonyl (C=O) groups excluding carboxylic acids is 2. The highest BCUT2D eigenvalue weighted by atomic mass is 32.1. The minimum absolute atomic E-state index is 0.0252. The largest absolute Gasteiger partial charge is 0.361 e. The first kappa shape index (κ1) is 17.3. The van der Waals surface area contributed by atoms with Gasteiger partial charge in [-0.3, -0.25) is 19.8 Å². The number of nitrogens with one attached hydrogen (secondary N) is 2. The van der Waals surface area contributed by atoms with Crippen molar-refractivity contribution in [1.29, 1.82) is 0 Å². The average molecular weight is 361 g/mol. The summed E-state index contributed by atoms with van der Waals surface area (Å²) in [7, 11) is 0. The van der Waals surface area contributed by atoms with Gasteiger partial charge in [0.1, 0.15) is 5.76 Å². The summed E-state index contributed by atoms with van der Waals surface area (Å²) in [6, 6.07) is 1.58. The standard InChI is InChI=1S/C16H19N5O3S/c1-3-5-17-14(22)9-21-6-4-11-13(8-21)25-16(18-11)19-15(23)12-7-10(2)24-20-12/h3,7H,1,4-6,8-9H2,2H3,(H,17,22)(H,18,19,23). The van der Waals surface area contributed by atoms with Crippen LogP contribution in [0, 0.1) is 6.92 Å². The van der Waals surface area contributed by atoms with Crippen molar-refractivity contribution in [3.8, 4) is 0 Å². The zero-order valence-corrected chi connectivity index (χ0v) is 14.7. The molecule has 3 rings (SSSR count). The molecule has 1 aliphatic rings. The maximum atomic E-state index is 12.1. The smallest absolute Gasteiger partial charge is 0.279 e. The van der Waals surface area contributed by atoms with Crippen LogP contribution in [0.25, 0.3) is 0 Å². The number of carbonyl (C=O) groups is 2. The Morgan fingerprint density at radius 1 is 1.52 bits per heavy atom. The molecule has 8 nitrogen and oxygen atoms in total. The van der Waals surface area contributed by atoms with Crippen molar-refractivity contribution in [3.63, 3.8) is 0 Å². The first-order valence-corrected chi connectivity index (χ1v) is 8.70. The summed E-state index contributed by atoms with van der Waals surface area (Å²) < 4.78 is 4.91. The molecule has 0 aromatic carbocycles. The number of fused-ring (bicyclic) bond motifs is 1. The van der Waals surface area contributed by atoms with Crippen molar-refractivity contribution in [2.45, 2.75) is 19.9 Å².